The molecule has 0 amide bonds. The Labute approximate surface area is 115 Å². The third-order valence-electron chi connectivity index (χ3n) is 3.63. The Morgan fingerprint density at radius 2 is 2.00 bits per heavy atom. The van der Waals surface area contributed by atoms with Crippen molar-refractivity contribution in [2.75, 3.05) is 13.6 Å². The molecule has 2 rings (SSSR count). The van der Waals surface area contributed by atoms with E-state index in [2.05, 4.69) is 55.3 Å². The van der Waals surface area contributed by atoms with E-state index in [0.29, 0.717) is 5.92 Å². The van der Waals surface area contributed by atoms with Gasteiger partial charge in [-0.2, -0.15) is 0 Å². The average Bonchev–Trinajstić information content (AvgIpc) is 2.78. The van der Waals surface area contributed by atoms with Crippen LogP contribution in [0, 0.1) is 13.8 Å². The van der Waals surface area contributed by atoms with Crippen LogP contribution in [-0.4, -0.2) is 23.6 Å². The zero-order chi connectivity index (χ0) is 13.8. The van der Waals surface area contributed by atoms with Gasteiger partial charge >= 0.3 is 0 Å². The molecular formula is C16H23N3. The highest BCUT2D eigenvalue weighted by atomic mass is 15.0. The molecule has 2 aromatic rings. The number of imidazole rings is 1. The number of benzene rings is 1. The van der Waals surface area contributed by atoms with Crippen molar-refractivity contribution in [1.82, 2.24) is 15.3 Å². The van der Waals surface area contributed by atoms with E-state index in [1.807, 2.05) is 7.05 Å². The van der Waals surface area contributed by atoms with Crippen LogP contribution in [0.1, 0.15) is 36.3 Å². The monoisotopic (exact) mass is 257 g/mol. The quantitative estimate of drug-likeness (QED) is 0.862. The highest BCUT2D eigenvalue weighted by Gasteiger charge is 2.16. The number of hydrogen-bond donors (Lipinski definition) is 2. The van der Waals surface area contributed by atoms with E-state index >= 15 is 0 Å². The molecule has 1 heterocycles. The zero-order valence-electron chi connectivity index (χ0n) is 12.2. The highest BCUT2D eigenvalue weighted by molar-refractivity contribution is 5.65. The molecule has 0 fully saturated rings. The van der Waals surface area contributed by atoms with Crippen molar-refractivity contribution >= 4 is 0 Å². The van der Waals surface area contributed by atoms with Crippen LogP contribution < -0.4 is 5.32 Å². The van der Waals surface area contributed by atoms with Gasteiger partial charge in [0, 0.05) is 23.7 Å². The van der Waals surface area contributed by atoms with E-state index in [-0.39, 0.29) is 0 Å². The molecule has 3 nitrogen and oxygen atoms in total. The Morgan fingerprint density at radius 1 is 1.26 bits per heavy atom. The standard InChI is InChI=1S/C16H23N3/c1-5-13(10-17-4)16-18-12(3)15(19-16)14-9-7-6-8-11(14)2/h6-9,13,17H,5,10H2,1-4H3,(H,18,19). The molecule has 0 saturated heterocycles. The Morgan fingerprint density at radius 3 is 2.63 bits per heavy atom. The van der Waals surface area contributed by atoms with Gasteiger partial charge in [0.1, 0.15) is 5.82 Å². The van der Waals surface area contributed by atoms with Crippen molar-refractivity contribution in [3.05, 3.63) is 41.3 Å². The third-order valence-corrected chi connectivity index (χ3v) is 3.63. The molecule has 0 radical (unpaired) electrons. The molecule has 1 unspecified atom stereocenters. The van der Waals surface area contributed by atoms with Crippen LogP contribution in [0.4, 0.5) is 0 Å². The van der Waals surface area contributed by atoms with E-state index in [1.54, 1.807) is 0 Å². The smallest absolute Gasteiger partial charge is 0.111 e. The van der Waals surface area contributed by atoms with E-state index in [4.69, 9.17) is 4.98 Å². The van der Waals surface area contributed by atoms with Crippen LogP contribution in [0.2, 0.25) is 0 Å². The van der Waals surface area contributed by atoms with Crippen LogP contribution in [0.25, 0.3) is 11.3 Å². The summed E-state index contributed by atoms with van der Waals surface area (Å²) in [7, 11) is 1.99. The van der Waals surface area contributed by atoms with Gasteiger partial charge in [-0.3, -0.25) is 0 Å². The summed E-state index contributed by atoms with van der Waals surface area (Å²) in [4.78, 5) is 8.29. The summed E-state index contributed by atoms with van der Waals surface area (Å²) in [6.07, 6.45) is 1.08. The summed E-state index contributed by atoms with van der Waals surface area (Å²) in [5.74, 6) is 1.54. The molecule has 1 atom stereocenters. The van der Waals surface area contributed by atoms with Crippen molar-refractivity contribution in [3.63, 3.8) is 0 Å². The minimum absolute atomic E-state index is 0.446. The molecule has 0 aliphatic rings. The fraction of sp³-hybridized carbons (Fsp3) is 0.438. The predicted molar refractivity (Wildman–Crippen MR) is 80.5 cm³/mol. The van der Waals surface area contributed by atoms with Crippen molar-refractivity contribution < 1.29 is 0 Å². The number of aromatic nitrogens is 2. The largest absolute Gasteiger partial charge is 0.345 e. The molecule has 0 saturated carbocycles. The van der Waals surface area contributed by atoms with Crippen molar-refractivity contribution in [2.24, 2.45) is 0 Å². The summed E-state index contributed by atoms with van der Waals surface area (Å²) >= 11 is 0. The Bertz CT molecular complexity index is 543. The zero-order valence-corrected chi connectivity index (χ0v) is 12.2. The minimum atomic E-state index is 0.446. The molecular weight excluding hydrogens is 234 g/mol. The predicted octanol–water partition coefficient (Wildman–Crippen LogP) is 3.41. The number of aryl methyl sites for hydroxylation is 2. The lowest BCUT2D eigenvalue weighted by atomic mass is 10.0. The van der Waals surface area contributed by atoms with Gasteiger partial charge in [0.25, 0.3) is 0 Å². The van der Waals surface area contributed by atoms with Crippen LogP contribution in [0.15, 0.2) is 24.3 Å². The second-order valence-corrected chi connectivity index (χ2v) is 5.07. The first-order valence-corrected chi connectivity index (χ1v) is 6.94. The molecule has 102 valence electrons. The molecule has 1 aromatic heterocycles. The molecule has 1 aromatic carbocycles. The molecule has 0 aliphatic heterocycles. The number of likely N-dealkylation sites (N-methyl/N-ethyl adjacent to an activating group) is 1. The summed E-state index contributed by atoms with van der Waals surface area (Å²) in [6.45, 7) is 7.39. The van der Waals surface area contributed by atoms with Crippen LogP contribution in [0.3, 0.4) is 0 Å². The fourth-order valence-electron chi connectivity index (χ4n) is 2.46. The van der Waals surface area contributed by atoms with Crippen LogP contribution in [-0.2, 0) is 0 Å². The number of nitrogens with zero attached hydrogens (tertiary/aromatic N) is 1. The maximum absolute atomic E-state index is 4.84. The maximum atomic E-state index is 4.84. The highest BCUT2D eigenvalue weighted by Crippen LogP contribution is 2.27. The number of aromatic amines is 1. The number of nitrogens with one attached hydrogen (secondary N) is 2. The van der Waals surface area contributed by atoms with Gasteiger partial charge in [-0.15, -0.1) is 0 Å². The normalized spacial score (nSPS) is 12.6. The van der Waals surface area contributed by atoms with Crippen molar-refractivity contribution in [3.8, 4) is 11.3 Å². The number of hydrogen-bond acceptors (Lipinski definition) is 2. The molecule has 0 spiro atoms. The third kappa shape index (κ3) is 2.87. The topological polar surface area (TPSA) is 40.7 Å². The average molecular weight is 257 g/mol. The van der Waals surface area contributed by atoms with E-state index < -0.39 is 0 Å². The minimum Gasteiger partial charge on any atom is -0.345 e. The SMILES string of the molecule is CCC(CNC)c1nc(-c2ccccc2C)c(C)[nH]1. The van der Waals surface area contributed by atoms with Gasteiger partial charge in [0.2, 0.25) is 0 Å². The van der Waals surface area contributed by atoms with E-state index in [9.17, 15) is 0 Å². The summed E-state index contributed by atoms with van der Waals surface area (Å²) in [5, 5.41) is 3.24. The van der Waals surface area contributed by atoms with Gasteiger partial charge in [-0.05, 0) is 32.9 Å². The van der Waals surface area contributed by atoms with Crippen molar-refractivity contribution in [2.45, 2.75) is 33.1 Å². The Hall–Kier alpha value is -1.61. The first-order valence-electron chi connectivity index (χ1n) is 6.94. The maximum Gasteiger partial charge on any atom is 0.111 e. The Balaban J connectivity index is 2.39. The van der Waals surface area contributed by atoms with Gasteiger partial charge in [0.15, 0.2) is 0 Å². The first-order chi connectivity index (χ1) is 9.17. The van der Waals surface area contributed by atoms with Crippen molar-refractivity contribution in [1.29, 1.82) is 0 Å². The lowest BCUT2D eigenvalue weighted by Gasteiger charge is -2.10. The van der Waals surface area contributed by atoms with E-state index in [1.165, 1.54) is 11.1 Å². The molecule has 3 heteroatoms. The Kier molecular flexibility index (Phi) is 4.38. The second kappa shape index (κ2) is 6.02. The first kappa shape index (κ1) is 13.8. The summed E-state index contributed by atoms with van der Waals surface area (Å²) < 4.78 is 0. The number of H-pyrrole nitrogens is 1. The second-order valence-electron chi connectivity index (χ2n) is 5.07. The fourth-order valence-corrected chi connectivity index (χ4v) is 2.46. The molecule has 19 heavy (non-hydrogen) atoms. The van der Waals surface area contributed by atoms with Crippen LogP contribution in [0.5, 0.6) is 0 Å². The summed E-state index contributed by atoms with van der Waals surface area (Å²) in [5.41, 5.74) is 4.73. The van der Waals surface area contributed by atoms with Gasteiger partial charge in [-0.1, -0.05) is 31.2 Å². The lowest BCUT2D eigenvalue weighted by Crippen LogP contribution is -2.17. The molecule has 0 bridgehead atoms. The molecule has 2 N–H and O–H groups in total. The van der Waals surface area contributed by atoms with E-state index in [0.717, 1.165) is 30.2 Å². The molecule has 0 aliphatic carbocycles. The summed E-state index contributed by atoms with van der Waals surface area (Å²) in [6, 6.07) is 8.41. The lowest BCUT2D eigenvalue weighted by molar-refractivity contribution is 0.585. The van der Waals surface area contributed by atoms with Gasteiger partial charge < -0.3 is 10.3 Å². The number of rotatable bonds is 5. The van der Waals surface area contributed by atoms with Gasteiger partial charge in [0.05, 0.1) is 5.69 Å². The van der Waals surface area contributed by atoms with Crippen LogP contribution >= 0.6 is 0 Å². The van der Waals surface area contributed by atoms with Gasteiger partial charge in [-0.25, -0.2) is 4.98 Å².